The van der Waals surface area contributed by atoms with Crippen molar-refractivity contribution >= 4 is 24.4 Å². The lowest BCUT2D eigenvalue weighted by atomic mass is 10.0. The Morgan fingerprint density at radius 2 is 2.41 bits per heavy atom. The largest absolute Gasteiger partial charge is 0.394 e. The van der Waals surface area contributed by atoms with Crippen LogP contribution in [0.3, 0.4) is 0 Å². The molecule has 1 aliphatic heterocycles. The molecule has 0 radical (unpaired) electrons. The van der Waals surface area contributed by atoms with Gasteiger partial charge in [-0.3, -0.25) is 4.57 Å². The first-order chi connectivity index (χ1) is 7.94. The van der Waals surface area contributed by atoms with E-state index in [-0.39, 0.29) is 13.0 Å². The zero-order valence-electron chi connectivity index (χ0n) is 9.22. The van der Waals surface area contributed by atoms with Gasteiger partial charge in [-0.2, -0.15) is 0 Å². The fraction of sp³-hybridized carbons (Fsp3) is 0.600. The number of rotatable bonds is 2. The summed E-state index contributed by atoms with van der Waals surface area (Å²) in [5.74, 6) is 0. The Morgan fingerprint density at radius 1 is 1.71 bits per heavy atom. The zero-order valence-corrected chi connectivity index (χ0v) is 10.9. The van der Waals surface area contributed by atoms with Gasteiger partial charge in [0.05, 0.1) is 12.7 Å². The molecule has 1 aliphatic rings. The molecule has 0 bridgehead atoms. The van der Waals surface area contributed by atoms with Crippen molar-refractivity contribution in [3.05, 3.63) is 21.7 Å². The van der Waals surface area contributed by atoms with Crippen LogP contribution in [0.2, 0.25) is 0 Å². The van der Waals surface area contributed by atoms with E-state index in [4.69, 9.17) is 34.3 Å². The average Bonchev–Trinajstić information content (AvgIpc) is 2.54. The second kappa shape index (κ2) is 4.56. The zero-order chi connectivity index (χ0) is 12.6. The maximum Gasteiger partial charge on any atom is 0.180 e. The van der Waals surface area contributed by atoms with Crippen LogP contribution in [-0.4, -0.2) is 33.0 Å². The van der Waals surface area contributed by atoms with Crippen LogP contribution in [0.1, 0.15) is 19.6 Å². The molecule has 94 valence electrons. The SMILES string of the molecule is CC1(F)C[C@@H](CO)O[C@H]1n1ccc(=S)[nH]c1=S. The van der Waals surface area contributed by atoms with Crippen molar-refractivity contribution < 1.29 is 14.2 Å². The number of aromatic amines is 1. The maximum absolute atomic E-state index is 14.3. The van der Waals surface area contributed by atoms with Crippen LogP contribution in [0.5, 0.6) is 0 Å². The van der Waals surface area contributed by atoms with Gasteiger partial charge in [0, 0.05) is 12.6 Å². The minimum absolute atomic E-state index is 0.144. The summed E-state index contributed by atoms with van der Waals surface area (Å²) in [4.78, 5) is 2.77. The summed E-state index contributed by atoms with van der Waals surface area (Å²) in [7, 11) is 0. The van der Waals surface area contributed by atoms with Gasteiger partial charge in [-0.1, -0.05) is 12.2 Å². The number of H-pyrrole nitrogens is 1. The van der Waals surface area contributed by atoms with Gasteiger partial charge in [0.15, 0.2) is 16.7 Å². The van der Waals surface area contributed by atoms with Crippen molar-refractivity contribution in [2.24, 2.45) is 0 Å². The molecule has 3 atom stereocenters. The molecule has 17 heavy (non-hydrogen) atoms. The van der Waals surface area contributed by atoms with Crippen LogP contribution in [-0.2, 0) is 4.74 Å². The topological polar surface area (TPSA) is 50.2 Å². The molecular formula is C10H13FN2O2S2. The number of nitrogens with zero attached hydrogens (tertiary/aromatic N) is 1. The number of ether oxygens (including phenoxy) is 1. The second-order valence-electron chi connectivity index (χ2n) is 4.29. The minimum Gasteiger partial charge on any atom is -0.394 e. The number of hydrogen-bond acceptors (Lipinski definition) is 4. The van der Waals surface area contributed by atoms with Crippen molar-refractivity contribution in [2.45, 2.75) is 31.3 Å². The fourth-order valence-corrected chi connectivity index (χ4v) is 2.48. The number of aliphatic hydroxyl groups excluding tert-OH is 1. The number of nitrogens with one attached hydrogen (secondary N) is 1. The molecule has 0 aliphatic carbocycles. The standard InChI is InChI=1S/C10H13FN2O2S2/c1-10(11)4-6(5-14)15-8(10)13-3-2-7(16)12-9(13)17/h2-3,6,8,14H,4-5H2,1H3,(H,12,16,17)/t6-,8+,10?/m0/s1. The molecule has 4 nitrogen and oxygen atoms in total. The molecule has 1 saturated heterocycles. The predicted octanol–water partition coefficient (Wildman–Crippen LogP) is 2.28. The van der Waals surface area contributed by atoms with Crippen LogP contribution in [0.15, 0.2) is 12.3 Å². The van der Waals surface area contributed by atoms with Crippen molar-refractivity contribution in [2.75, 3.05) is 6.61 Å². The van der Waals surface area contributed by atoms with E-state index in [1.807, 2.05) is 0 Å². The van der Waals surface area contributed by atoms with Gasteiger partial charge in [0.25, 0.3) is 0 Å². The van der Waals surface area contributed by atoms with E-state index in [9.17, 15) is 4.39 Å². The molecular weight excluding hydrogens is 263 g/mol. The quantitative estimate of drug-likeness (QED) is 0.814. The van der Waals surface area contributed by atoms with Crippen molar-refractivity contribution in [1.29, 1.82) is 0 Å². The molecule has 1 aromatic heterocycles. The Bertz CT molecular complexity index is 526. The van der Waals surface area contributed by atoms with E-state index >= 15 is 0 Å². The van der Waals surface area contributed by atoms with Gasteiger partial charge >= 0.3 is 0 Å². The molecule has 0 spiro atoms. The third-order valence-electron chi connectivity index (χ3n) is 2.77. The highest BCUT2D eigenvalue weighted by Crippen LogP contribution is 2.40. The Hall–Kier alpha value is -0.630. The molecule has 1 fully saturated rings. The highest BCUT2D eigenvalue weighted by molar-refractivity contribution is 7.72. The lowest BCUT2D eigenvalue weighted by Gasteiger charge is -2.23. The minimum atomic E-state index is -1.57. The molecule has 2 rings (SSSR count). The van der Waals surface area contributed by atoms with Crippen LogP contribution >= 0.6 is 24.4 Å². The number of aliphatic hydroxyl groups is 1. The number of hydrogen-bond donors (Lipinski definition) is 2. The van der Waals surface area contributed by atoms with E-state index in [2.05, 4.69) is 4.98 Å². The van der Waals surface area contributed by atoms with E-state index < -0.39 is 18.0 Å². The third-order valence-corrected chi connectivity index (χ3v) is 3.32. The number of aromatic nitrogens is 2. The molecule has 1 aromatic rings. The molecule has 0 aromatic carbocycles. The lowest BCUT2D eigenvalue weighted by Crippen LogP contribution is -2.28. The maximum atomic E-state index is 14.3. The summed E-state index contributed by atoms with van der Waals surface area (Å²) in [5, 5.41) is 9.02. The van der Waals surface area contributed by atoms with Gasteiger partial charge in [0.2, 0.25) is 0 Å². The van der Waals surface area contributed by atoms with E-state index in [1.54, 1.807) is 12.3 Å². The highest BCUT2D eigenvalue weighted by atomic mass is 32.1. The average molecular weight is 276 g/mol. The monoisotopic (exact) mass is 276 g/mol. The number of alkyl halides is 1. The van der Waals surface area contributed by atoms with Crippen LogP contribution in [0, 0.1) is 9.41 Å². The Balaban J connectivity index is 2.40. The first-order valence-corrected chi connectivity index (χ1v) is 6.02. The first-order valence-electron chi connectivity index (χ1n) is 5.21. The summed E-state index contributed by atoms with van der Waals surface area (Å²) in [6, 6.07) is 1.62. The van der Waals surface area contributed by atoms with Crippen molar-refractivity contribution in [1.82, 2.24) is 9.55 Å². The van der Waals surface area contributed by atoms with Crippen LogP contribution in [0.25, 0.3) is 0 Å². The van der Waals surface area contributed by atoms with E-state index in [1.165, 1.54) is 11.5 Å². The Labute approximate surface area is 108 Å². The molecule has 0 amide bonds. The summed E-state index contributed by atoms with van der Waals surface area (Å²) in [5.41, 5.74) is -1.57. The third kappa shape index (κ3) is 2.47. The second-order valence-corrected chi connectivity index (χ2v) is 5.12. The Kier molecular flexibility index (Phi) is 3.44. The van der Waals surface area contributed by atoms with Gasteiger partial charge in [0.1, 0.15) is 4.64 Å². The normalized spacial score (nSPS) is 32.9. The van der Waals surface area contributed by atoms with Gasteiger partial charge in [-0.15, -0.1) is 0 Å². The van der Waals surface area contributed by atoms with Gasteiger partial charge in [-0.05, 0) is 25.2 Å². The predicted molar refractivity (Wildman–Crippen MR) is 65.6 cm³/mol. The summed E-state index contributed by atoms with van der Waals surface area (Å²) >= 11 is 10.0. The number of halogens is 1. The summed E-state index contributed by atoms with van der Waals surface area (Å²) < 4.78 is 22.1. The molecule has 0 saturated carbocycles. The lowest BCUT2D eigenvalue weighted by molar-refractivity contribution is -0.0600. The van der Waals surface area contributed by atoms with Crippen molar-refractivity contribution in [3.8, 4) is 0 Å². The van der Waals surface area contributed by atoms with Crippen LogP contribution in [0.4, 0.5) is 4.39 Å². The van der Waals surface area contributed by atoms with E-state index in [0.717, 1.165) is 0 Å². The molecule has 1 unspecified atom stereocenters. The molecule has 2 heterocycles. The fourth-order valence-electron chi connectivity index (χ4n) is 1.99. The highest BCUT2D eigenvalue weighted by Gasteiger charge is 2.46. The van der Waals surface area contributed by atoms with Crippen LogP contribution < -0.4 is 0 Å². The Morgan fingerprint density at radius 3 is 2.94 bits per heavy atom. The molecule has 7 heteroatoms. The summed E-state index contributed by atoms with van der Waals surface area (Å²) in [6.07, 6.45) is 0.411. The summed E-state index contributed by atoms with van der Waals surface area (Å²) in [6.45, 7) is 1.24. The first kappa shape index (κ1) is 12.8. The van der Waals surface area contributed by atoms with Crippen molar-refractivity contribution in [3.63, 3.8) is 0 Å². The van der Waals surface area contributed by atoms with Gasteiger partial charge in [-0.25, -0.2) is 4.39 Å². The molecule has 2 N–H and O–H groups in total. The van der Waals surface area contributed by atoms with Gasteiger partial charge < -0.3 is 14.8 Å². The smallest absolute Gasteiger partial charge is 0.180 e. The van der Waals surface area contributed by atoms with E-state index in [0.29, 0.717) is 9.41 Å².